The molecule has 3 heteroatoms. The Balaban J connectivity index is 1.81. The van der Waals surface area contributed by atoms with E-state index < -0.39 is 0 Å². The van der Waals surface area contributed by atoms with E-state index in [9.17, 15) is 4.79 Å². The van der Waals surface area contributed by atoms with Gasteiger partial charge in [-0.2, -0.15) is 0 Å². The van der Waals surface area contributed by atoms with Gasteiger partial charge in [-0.1, -0.05) is 0 Å². The summed E-state index contributed by atoms with van der Waals surface area (Å²) in [6, 6.07) is 4.78. The number of ketones is 1. The fraction of sp³-hybridized carbons (Fsp3) is 0.438. The van der Waals surface area contributed by atoms with E-state index in [1.807, 2.05) is 17.4 Å². The van der Waals surface area contributed by atoms with E-state index in [1.54, 1.807) is 4.88 Å². The van der Waals surface area contributed by atoms with Crippen LogP contribution < -0.4 is 0 Å². The number of thiophene rings is 1. The first-order chi connectivity index (χ1) is 9.34. The molecule has 4 rings (SSSR count). The number of aryl methyl sites for hydroxylation is 1. The normalized spacial score (nSPS) is 22.1. The largest absolute Gasteiger partial charge is 0.343 e. The van der Waals surface area contributed by atoms with E-state index in [1.165, 1.54) is 30.5 Å². The summed E-state index contributed by atoms with van der Waals surface area (Å²) >= 11 is 1.88. The topological polar surface area (TPSA) is 22.0 Å². The number of hydrogen-bond acceptors (Lipinski definition) is 2. The molecule has 2 heterocycles. The van der Waals surface area contributed by atoms with Gasteiger partial charge in [-0.25, -0.2) is 0 Å². The highest BCUT2D eigenvalue weighted by molar-refractivity contribution is 7.10. The Hall–Kier alpha value is -1.35. The van der Waals surface area contributed by atoms with Gasteiger partial charge in [0.15, 0.2) is 5.78 Å². The summed E-state index contributed by atoms with van der Waals surface area (Å²) in [5.41, 5.74) is 3.75. The molecule has 2 aromatic heterocycles. The summed E-state index contributed by atoms with van der Waals surface area (Å²) in [5.74, 6) is 0.335. The summed E-state index contributed by atoms with van der Waals surface area (Å²) in [5, 5.41) is 2.21. The Morgan fingerprint density at radius 1 is 1.16 bits per heavy atom. The van der Waals surface area contributed by atoms with Crippen molar-refractivity contribution in [1.82, 2.24) is 4.57 Å². The molecule has 0 amide bonds. The minimum Gasteiger partial charge on any atom is -0.343 e. The van der Waals surface area contributed by atoms with Crippen LogP contribution in [0.1, 0.15) is 58.2 Å². The highest BCUT2D eigenvalue weighted by Crippen LogP contribution is 2.38. The van der Waals surface area contributed by atoms with Crippen molar-refractivity contribution in [2.45, 2.75) is 44.6 Å². The molecule has 2 nitrogen and oxygen atoms in total. The van der Waals surface area contributed by atoms with Crippen LogP contribution in [0.3, 0.4) is 0 Å². The fourth-order valence-corrected chi connectivity index (χ4v) is 4.57. The van der Waals surface area contributed by atoms with Crippen LogP contribution in [-0.2, 0) is 12.8 Å². The van der Waals surface area contributed by atoms with Gasteiger partial charge in [0.25, 0.3) is 0 Å². The maximum absolute atomic E-state index is 12.0. The van der Waals surface area contributed by atoms with Crippen molar-refractivity contribution < 1.29 is 4.79 Å². The van der Waals surface area contributed by atoms with E-state index in [2.05, 4.69) is 22.2 Å². The first kappa shape index (κ1) is 11.5. The third-order valence-corrected chi connectivity index (χ3v) is 5.49. The van der Waals surface area contributed by atoms with Gasteiger partial charge in [-0.15, -0.1) is 11.3 Å². The van der Waals surface area contributed by atoms with Crippen molar-refractivity contribution in [2.24, 2.45) is 0 Å². The third kappa shape index (κ3) is 1.71. The maximum atomic E-state index is 12.0. The Morgan fingerprint density at radius 3 is 3.05 bits per heavy atom. The third-order valence-electron chi connectivity index (χ3n) is 4.50. The molecule has 0 spiro atoms. The van der Waals surface area contributed by atoms with Crippen LogP contribution in [0.4, 0.5) is 0 Å². The Bertz CT molecular complexity index is 637. The smallest absolute Gasteiger partial charge is 0.164 e. The molecule has 98 valence electrons. The lowest BCUT2D eigenvalue weighted by molar-refractivity contribution is 0.0971. The van der Waals surface area contributed by atoms with Crippen LogP contribution in [0.2, 0.25) is 0 Å². The molecule has 0 bridgehead atoms. The summed E-state index contributed by atoms with van der Waals surface area (Å²) in [6.07, 6.45) is 8.64. The van der Waals surface area contributed by atoms with Gasteiger partial charge < -0.3 is 4.57 Å². The van der Waals surface area contributed by atoms with Crippen LogP contribution in [0.5, 0.6) is 0 Å². The zero-order valence-electron chi connectivity index (χ0n) is 10.9. The SMILES string of the molecule is O=C1CCCc2c1ccn2C1CCCc2sccc21. The summed E-state index contributed by atoms with van der Waals surface area (Å²) < 4.78 is 2.39. The van der Waals surface area contributed by atoms with E-state index in [0.717, 1.165) is 24.8 Å². The van der Waals surface area contributed by atoms with Crippen LogP contribution in [0, 0.1) is 0 Å². The molecular formula is C16H17NOS. The number of fused-ring (bicyclic) bond motifs is 2. The molecule has 1 atom stereocenters. The van der Waals surface area contributed by atoms with Crippen molar-refractivity contribution in [3.8, 4) is 0 Å². The second kappa shape index (κ2) is 4.34. The molecule has 1 unspecified atom stereocenters. The zero-order valence-corrected chi connectivity index (χ0v) is 11.7. The lowest BCUT2D eigenvalue weighted by atomic mass is 9.92. The van der Waals surface area contributed by atoms with Gasteiger partial charge in [0.2, 0.25) is 0 Å². The van der Waals surface area contributed by atoms with Crippen LogP contribution >= 0.6 is 11.3 Å². The molecule has 2 aromatic rings. The summed E-state index contributed by atoms with van der Waals surface area (Å²) in [6.45, 7) is 0. The van der Waals surface area contributed by atoms with Crippen LogP contribution in [0.15, 0.2) is 23.7 Å². The van der Waals surface area contributed by atoms with E-state index in [-0.39, 0.29) is 0 Å². The van der Waals surface area contributed by atoms with Crippen molar-refractivity contribution in [3.63, 3.8) is 0 Å². The maximum Gasteiger partial charge on any atom is 0.164 e. The molecule has 19 heavy (non-hydrogen) atoms. The Labute approximate surface area is 117 Å². The molecular weight excluding hydrogens is 254 g/mol. The number of aromatic nitrogens is 1. The number of hydrogen-bond donors (Lipinski definition) is 0. The fourth-order valence-electron chi connectivity index (χ4n) is 3.59. The van der Waals surface area contributed by atoms with Crippen LogP contribution in [0.25, 0.3) is 0 Å². The number of carbonyl (C=O) groups excluding carboxylic acids is 1. The van der Waals surface area contributed by atoms with Crippen LogP contribution in [-0.4, -0.2) is 10.4 Å². The molecule has 0 saturated carbocycles. The number of rotatable bonds is 1. The highest BCUT2D eigenvalue weighted by Gasteiger charge is 2.27. The van der Waals surface area contributed by atoms with Gasteiger partial charge in [0.05, 0.1) is 6.04 Å². The molecule has 2 aliphatic carbocycles. The van der Waals surface area contributed by atoms with Gasteiger partial charge in [0, 0.05) is 28.8 Å². The van der Waals surface area contributed by atoms with Gasteiger partial charge in [0.1, 0.15) is 0 Å². The predicted molar refractivity (Wildman–Crippen MR) is 77.1 cm³/mol. The molecule has 0 aromatic carbocycles. The van der Waals surface area contributed by atoms with Gasteiger partial charge in [-0.05, 0) is 55.2 Å². The molecule has 0 N–H and O–H groups in total. The zero-order chi connectivity index (χ0) is 12.8. The van der Waals surface area contributed by atoms with Crippen molar-refractivity contribution in [3.05, 3.63) is 45.4 Å². The standard InChI is InChI=1S/C16H17NOS/c18-15-5-1-3-13-11(15)7-9-17(13)14-4-2-6-16-12(14)8-10-19-16/h7-10,14H,1-6H2. The predicted octanol–water partition coefficient (Wildman–Crippen LogP) is 3.99. The minimum absolute atomic E-state index is 0.335. The molecule has 0 saturated heterocycles. The van der Waals surface area contributed by atoms with Gasteiger partial charge >= 0.3 is 0 Å². The second-order valence-corrected chi connectivity index (χ2v) is 6.57. The van der Waals surface area contributed by atoms with E-state index in [0.29, 0.717) is 11.8 Å². The minimum atomic E-state index is 0.335. The van der Waals surface area contributed by atoms with Gasteiger partial charge in [-0.3, -0.25) is 4.79 Å². The number of nitrogens with zero attached hydrogens (tertiary/aromatic N) is 1. The molecule has 0 aliphatic heterocycles. The van der Waals surface area contributed by atoms with E-state index >= 15 is 0 Å². The number of Topliss-reactive ketones (excluding diaryl/α,β-unsaturated/α-hetero) is 1. The monoisotopic (exact) mass is 271 g/mol. The Morgan fingerprint density at radius 2 is 2.11 bits per heavy atom. The molecule has 2 aliphatic rings. The average Bonchev–Trinajstić information content (AvgIpc) is 3.05. The van der Waals surface area contributed by atoms with Crippen molar-refractivity contribution in [1.29, 1.82) is 0 Å². The first-order valence-electron chi connectivity index (χ1n) is 7.14. The summed E-state index contributed by atoms with van der Waals surface area (Å²) in [4.78, 5) is 13.5. The average molecular weight is 271 g/mol. The van der Waals surface area contributed by atoms with Crippen molar-refractivity contribution >= 4 is 17.1 Å². The second-order valence-electron chi connectivity index (χ2n) is 5.57. The summed E-state index contributed by atoms with van der Waals surface area (Å²) in [7, 11) is 0. The van der Waals surface area contributed by atoms with E-state index in [4.69, 9.17) is 0 Å². The lowest BCUT2D eigenvalue weighted by Gasteiger charge is -2.27. The Kier molecular flexibility index (Phi) is 2.62. The molecule has 0 fully saturated rings. The quantitative estimate of drug-likeness (QED) is 0.768. The first-order valence-corrected chi connectivity index (χ1v) is 8.02. The van der Waals surface area contributed by atoms with Crippen molar-refractivity contribution in [2.75, 3.05) is 0 Å². The lowest BCUT2D eigenvalue weighted by Crippen LogP contribution is -2.20. The number of carbonyl (C=O) groups is 1. The highest BCUT2D eigenvalue weighted by atomic mass is 32.1. The molecule has 0 radical (unpaired) electrons.